The average Bonchev–Trinajstić information content (AvgIpc) is 2.89. The number of fused-ring (bicyclic) bond motifs is 1. The molecule has 1 N–H and O–H groups in total. The zero-order valence-electron chi connectivity index (χ0n) is 11.1. The second-order valence-electron chi connectivity index (χ2n) is 4.62. The molecule has 108 valence electrons. The van der Waals surface area contributed by atoms with Crippen LogP contribution in [0.25, 0.3) is 10.1 Å². The summed E-state index contributed by atoms with van der Waals surface area (Å²) in [6.45, 7) is 0. The topological polar surface area (TPSA) is 29.5 Å². The van der Waals surface area contributed by atoms with E-state index in [1.807, 2.05) is 18.2 Å². The maximum atomic E-state index is 13.3. The highest BCUT2D eigenvalue weighted by molar-refractivity contribution is 9.10. The molecule has 0 spiro atoms. The van der Waals surface area contributed by atoms with Crippen molar-refractivity contribution in [2.24, 2.45) is 0 Å². The summed E-state index contributed by atoms with van der Waals surface area (Å²) in [6.07, 6.45) is -0.807. The molecule has 1 heterocycles. The van der Waals surface area contributed by atoms with Crippen LogP contribution in [-0.4, -0.2) is 12.2 Å². The Balaban J connectivity index is 2.07. The maximum Gasteiger partial charge on any atom is 0.125 e. The van der Waals surface area contributed by atoms with Crippen molar-refractivity contribution in [2.75, 3.05) is 7.11 Å². The first kappa shape index (κ1) is 14.5. The van der Waals surface area contributed by atoms with Crippen molar-refractivity contribution < 1.29 is 14.2 Å². The smallest absolute Gasteiger partial charge is 0.125 e. The Bertz CT molecular complexity index is 800. The first-order valence-electron chi connectivity index (χ1n) is 6.29. The molecule has 0 saturated carbocycles. The molecular formula is C16H12BrFO2S. The molecule has 0 amide bonds. The monoisotopic (exact) mass is 366 g/mol. The standard InChI is InChI=1S/C16H12BrFO2S/c1-20-13-5-3-10(17)7-12(13)16(19)15-6-9-2-4-11(18)8-14(9)21-15/h2-8,16,19H,1H3. The molecule has 1 unspecified atom stereocenters. The molecule has 0 aliphatic heterocycles. The van der Waals surface area contributed by atoms with Crippen LogP contribution in [0.1, 0.15) is 16.5 Å². The van der Waals surface area contributed by atoms with Gasteiger partial charge in [0.25, 0.3) is 0 Å². The van der Waals surface area contributed by atoms with Crippen molar-refractivity contribution in [1.29, 1.82) is 0 Å². The van der Waals surface area contributed by atoms with Crippen LogP contribution in [0.4, 0.5) is 4.39 Å². The van der Waals surface area contributed by atoms with E-state index in [4.69, 9.17) is 4.74 Å². The van der Waals surface area contributed by atoms with Gasteiger partial charge in [-0.2, -0.15) is 0 Å². The largest absolute Gasteiger partial charge is 0.496 e. The summed E-state index contributed by atoms with van der Waals surface area (Å²) in [5, 5.41) is 11.5. The SMILES string of the molecule is COc1ccc(Br)cc1C(O)c1cc2ccc(F)cc2s1. The summed E-state index contributed by atoms with van der Waals surface area (Å²) in [5.74, 6) is 0.347. The predicted molar refractivity (Wildman–Crippen MR) is 86.5 cm³/mol. The van der Waals surface area contributed by atoms with Gasteiger partial charge in [0, 0.05) is 19.6 Å². The molecule has 0 aliphatic rings. The molecular weight excluding hydrogens is 355 g/mol. The normalized spacial score (nSPS) is 12.6. The van der Waals surface area contributed by atoms with Crippen molar-refractivity contribution in [2.45, 2.75) is 6.10 Å². The quantitative estimate of drug-likeness (QED) is 0.714. The first-order chi connectivity index (χ1) is 10.1. The minimum atomic E-state index is -0.807. The number of methoxy groups -OCH3 is 1. The average molecular weight is 367 g/mol. The van der Waals surface area contributed by atoms with Crippen molar-refractivity contribution >= 4 is 37.4 Å². The molecule has 2 nitrogen and oxygen atoms in total. The number of hydrogen-bond donors (Lipinski definition) is 1. The highest BCUT2D eigenvalue weighted by Gasteiger charge is 2.18. The van der Waals surface area contributed by atoms with Gasteiger partial charge >= 0.3 is 0 Å². The molecule has 0 radical (unpaired) electrons. The molecule has 3 rings (SSSR count). The van der Waals surface area contributed by atoms with Crippen LogP contribution in [0.15, 0.2) is 46.9 Å². The number of aliphatic hydroxyl groups is 1. The van der Waals surface area contributed by atoms with Gasteiger partial charge in [-0.15, -0.1) is 11.3 Å². The molecule has 0 bridgehead atoms. The van der Waals surface area contributed by atoms with Crippen LogP contribution < -0.4 is 4.74 Å². The van der Waals surface area contributed by atoms with E-state index in [9.17, 15) is 9.50 Å². The summed E-state index contributed by atoms with van der Waals surface area (Å²) in [5.41, 5.74) is 0.680. The van der Waals surface area contributed by atoms with Gasteiger partial charge < -0.3 is 9.84 Å². The first-order valence-corrected chi connectivity index (χ1v) is 7.90. The Morgan fingerprint density at radius 2 is 2.00 bits per heavy atom. The van der Waals surface area contributed by atoms with Gasteiger partial charge in [0.2, 0.25) is 0 Å². The summed E-state index contributed by atoms with van der Waals surface area (Å²) in [4.78, 5) is 0.756. The van der Waals surface area contributed by atoms with E-state index in [0.717, 1.165) is 19.4 Å². The third-order valence-corrected chi connectivity index (χ3v) is 4.90. The number of hydrogen-bond acceptors (Lipinski definition) is 3. The second kappa shape index (κ2) is 5.75. The maximum absolute atomic E-state index is 13.3. The van der Waals surface area contributed by atoms with Crippen LogP contribution in [0.5, 0.6) is 5.75 Å². The van der Waals surface area contributed by atoms with E-state index in [-0.39, 0.29) is 5.82 Å². The lowest BCUT2D eigenvalue weighted by molar-refractivity contribution is 0.218. The third kappa shape index (κ3) is 2.81. The van der Waals surface area contributed by atoms with Crippen molar-refractivity contribution in [3.05, 3.63) is 63.2 Å². The molecule has 0 saturated heterocycles. The summed E-state index contributed by atoms with van der Waals surface area (Å²) < 4.78 is 20.2. The van der Waals surface area contributed by atoms with Gasteiger partial charge in [0.05, 0.1) is 7.11 Å². The highest BCUT2D eigenvalue weighted by atomic mass is 79.9. The summed E-state index contributed by atoms with van der Waals surface area (Å²) >= 11 is 4.78. The molecule has 3 aromatic rings. The zero-order valence-corrected chi connectivity index (χ0v) is 13.5. The van der Waals surface area contributed by atoms with Crippen LogP contribution in [0, 0.1) is 5.82 Å². The van der Waals surface area contributed by atoms with Gasteiger partial charge in [0.1, 0.15) is 17.7 Å². The lowest BCUT2D eigenvalue weighted by Gasteiger charge is -2.13. The molecule has 0 aliphatic carbocycles. The Kier molecular flexibility index (Phi) is 3.97. The van der Waals surface area contributed by atoms with E-state index in [0.29, 0.717) is 11.3 Å². The number of aliphatic hydroxyl groups excluding tert-OH is 1. The van der Waals surface area contributed by atoms with E-state index in [2.05, 4.69) is 15.9 Å². The fourth-order valence-electron chi connectivity index (χ4n) is 2.23. The van der Waals surface area contributed by atoms with Gasteiger partial charge in [0.15, 0.2) is 0 Å². The van der Waals surface area contributed by atoms with Crippen LogP contribution >= 0.6 is 27.3 Å². The van der Waals surface area contributed by atoms with Crippen LogP contribution in [-0.2, 0) is 0 Å². The molecule has 1 atom stereocenters. The molecule has 5 heteroatoms. The number of rotatable bonds is 3. The summed E-state index contributed by atoms with van der Waals surface area (Å²) in [7, 11) is 1.57. The van der Waals surface area contributed by atoms with E-state index in [1.54, 1.807) is 19.2 Å². The fraction of sp³-hybridized carbons (Fsp3) is 0.125. The van der Waals surface area contributed by atoms with Crippen LogP contribution in [0.2, 0.25) is 0 Å². The Morgan fingerprint density at radius 1 is 1.19 bits per heavy atom. The molecule has 1 aromatic heterocycles. The Morgan fingerprint density at radius 3 is 2.76 bits per heavy atom. The van der Waals surface area contributed by atoms with E-state index >= 15 is 0 Å². The highest BCUT2D eigenvalue weighted by Crippen LogP contribution is 2.37. The fourth-order valence-corrected chi connectivity index (χ4v) is 3.71. The Labute approximate surface area is 133 Å². The number of ether oxygens (including phenoxy) is 1. The van der Waals surface area contributed by atoms with Gasteiger partial charge in [-0.3, -0.25) is 0 Å². The van der Waals surface area contributed by atoms with Gasteiger partial charge in [-0.1, -0.05) is 22.0 Å². The van der Waals surface area contributed by atoms with E-state index < -0.39 is 6.10 Å². The van der Waals surface area contributed by atoms with Gasteiger partial charge in [-0.05, 0) is 41.8 Å². The number of benzene rings is 2. The second-order valence-corrected chi connectivity index (χ2v) is 6.65. The third-order valence-electron chi connectivity index (χ3n) is 3.26. The van der Waals surface area contributed by atoms with Crippen molar-refractivity contribution in [1.82, 2.24) is 0 Å². The van der Waals surface area contributed by atoms with Crippen LogP contribution in [0.3, 0.4) is 0 Å². The van der Waals surface area contributed by atoms with Crippen molar-refractivity contribution in [3.63, 3.8) is 0 Å². The molecule has 0 fully saturated rings. The lowest BCUT2D eigenvalue weighted by atomic mass is 10.1. The van der Waals surface area contributed by atoms with Gasteiger partial charge in [-0.25, -0.2) is 4.39 Å². The molecule has 21 heavy (non-hydrogen) atoms. The Hall–Kier alpha value is -1.43. The predicted octanol–water partition coefficient (Wildman–Crippen LogP) is 4.89. The minimum absolute atomic E-state index is 0.273. The van der Waals surface area contributed by atoms with E-state index in [1.165, 1.54) is 23.5 Å². The summed E-state index contributed by atoms with van der Waals surface area (Å²) in [6, 6.07) is 12.0. The number of thiophene rings is 1. The molecule has 2 aromatic carbocycles. The van der Waals surface area contributed by atoms with Crippen molar-refractivity contribution in [3.8, 4) is 5.75 Å². The number of halogens is 2. The zero-order chi connectivity index (χ0) is 15.0. The minimum Gasteiger partial charge on any atom is -0.496 e. The lowest BCUT2D eigenvalue weighted by Crippen LogP contribution is -2.00.